The smallest absolute Gasteiger partial charge is 0.416 e. The molecule has 1 aliphatic carbocycles. The van der Waals surface area contributed by atoms with Crippen LogP contribution < -0.4 is 5.73 Å². The topological polar surface area (TPSA) is 93.6 Å². The zero-order valence-corrected chi connectivity index (χ0v) is 18.0. The fourth-order valence-electron chi connectivity index (χ4n) is 4.36. The molecule has 1 aromatic carbocycles. The first-order chi connectivity index (χ1) is 14.5. The van der Waals surface area contributed by atoms with Crippen molar-refractivity contribution in [1.29, 1.82) is 0 Å². The number of nitrogens with zero attached hydrogens (tertiary/aromatic N) is 3. The minimum absolute atomic E-state index is 0.0930. The van der Waals surface area contributed by atoms with Crippen LogP contribution in [0, 0.1) is 6.92 Å². The SMILES string of the molecule is CC.Cc1cc(C(F)(F)F)cc(O)c1-c1cnc(C=NC23CCOC(C)(C2)C3)c(N)n1. The molecule has 3 N–H and O–H groups in total. The first kappa shape index (κ1) is 23.0. The van der Waals surface area contributed by atoms with E-state index >= 15 is 0 Å². The summed E-state index contributed by atoms with van der Waals surface area (Å²) >= 11 is 0. The summed E-state index contributed by atoms with van der Waals surface area (Å²) in [5.74, 6) is -0.433. The van der Waals surface area contributed by atoms with E-state index in [9.17, 15) is 18.3 Å². The highest BCUT2D eigenvalue weighted by molar-refractivity contribution is 5.84. The van der Waals surface area contributed by atoms with Crippen molar-refractivity contribution in [2.24, 2.45) is 4.99 Å². The molecule has 9 heteroatoms. The lowest BCUT2D eigenvalue weighted by Gasteiger charge is -2.56. The summed E-state index contributed by atoms with van der Waals surface area (Å²) in [4.78, 5) is 13.2. The number of benzene rings is 1. The molecule has 2 bridgehead atoms. The number of phenols is 1. The van der Waals surface area contributed by atoms with Gasteiger partial charge in [0, 0.05) is 25.0 Å². The maximum Gasteiger partial charge on any atom is 0.416 e. The van der Waals surface area contributed by atoms with Crippen LogP contribution in [0.5, 0.6) is 5.75 Å². The number of hydrogen-bond donors (Lipinski definition) is 2. The number of alkyl halides is 3. The number of fused-ring (bicyclic) bond motifs is 2. The Kier molecular flexibility index (Phi) is 6.01. The molecule has 1 saturated carbocycles. The van der Waals surface area contributed by atoms with Crippen LogP contribution in [0.2, 0.25) is 0 Å². The molecule has 2 aromatic rings. The minimum Gasteiger partial charge on any atom is -0.507 e. The van der Waals surface area contributed by atoms with Gasteiger partial charge in [0.25, 0.3) is 0 Å². The quantitative estimate of drug-likeness (QED) is 0.667. The largest absolute Gasteiger partial charge is 0.507 e. The van der Waals surface area contributed by atoms with Crippen LogP contribution >= 0.6 is 0 Å². The molecule has 5 rings (SSSR count). The summed E-state index contributed by atoms with van der Waals surface area (Å²) in [5.41, 5.74) is 5.79. The number of phenolic OH excluding ortho intramolecular Hbond substituents is 1. The average molecular weight is 436 g/mol. The van der Waals surface area contributed by atoms with Gasteiger partial charge in [-0.2, -0.15) is 13.2 Å². The number of aliphatic imine (C=N–C) groups is 1. The summed E-state index contributed by atoms with van der Waals surface area (Å²) in [6.45, 7) is 8.21. The van der Waals surface area contributed by atoms with Gasteiger partial charge in [-0.3, -0.25) is 4.99 Å². The second kappa shape index (κ2) is 8.11. The Morgan fingerprint density at radius 1 is 1.26 bits per heavy atom. The van der Waals surface area contributed by atoms with Gasteiger partial charge in [-0.1, -0.05) is 13.8 Å². The Labute approximate surface area is 179 Å². The standard InChI is InChI=1S/C20H21F3N4O2.C2H6/c1-11-5-12(20(21,22)23)6-15(28)16(11)13-7-25-14(17(24)27-13)8-26-19-3-4-29-18(2,9-19)10-19;1-2/h5-8,28H,3-4,9-10H2,1-2H3,(H2,24,27);1-2H3. The number of ether oxygens (including phenoxy) is 1. The zero-order chi connectivity index (χ0) is 23.0. The lowest BCUT2D eigenvalue weighted by molar-refractivity contribution is -0.175. The second-order valence-corrected chi connectivity index (χ2v) is 8.10. The average Bonchev–Trinajstić information content (AvgIpc) is 2.67. The van der Waals surface area contributed by atoms with Crippen molar-refractivity contribution in [1.82, 2.24) is 9.97 Å². The van der Waals surface area contributed by atoms with Crippen molar-refractivity contribution in [3.8, 4) is 17.0 Å². The maximum atomic E-state index is 12.9. The monoisotopic (exact) mass is 436 g/mol. The number of rotatable bonds is 3. The molecule has 3 aliphatic rings. The lowest BCUT2D eigenvalue weighted by atomic mass is 9.62. The molecule has 6 nitrogen and oxygen atoms in total. The molecule has 3 fully saturated rings. The van der Waals surface area contributed by atoms with Gasteiger partial charge in [0.15, 0.2) is 5.82 Å². The number of aromatic nitrogens is 2. The number of aryl methyl sites for hydroxylation is 1. The Balaban J connectivity index is 0.00000132. The number of hydrogen-bond acceptors (Lipinski definition) is 6. The van der Waals surface area contributed by atoms with E-state index in [-0.39, 0.29) is 33.8 Å². The summed E-state index contributed by atoms with van der Waals surface area (Å²) in [6, 6.07) is 1.63. The van der Waals surface area contributed by atoms with Gasteiger partial charge in [0.2, 0.25) is 0 Å². The van der Waals surface area contributed by atoms with Gasteiger partial charge < -0.3 is 15.6 Å². The van der Waals surface area contributed by atoms with Crippen molar-refractivity contribution in [3.63, 3.8) is 0 Å². The van der Waals surface area contributed by atoms with Crippen LogP contribution in [-0.4, -0.2) is 39.0 Å². The van der Waals surface area contributed by atoms with E-state index in [1.165, 1.54) is 13.1 Å². The number of nitrogens with two attached hydrogens (primary N) is 1. The van der Waals surface area contributed by atoms with Crippen molar-refractivity contribution in [2.75, 3.05) is 12.3 Å². The van der Waals surface area contributed by atoms with E-state index in [0.29, 0.717) is 18.4 Å². The van der Waals surface area contributed by atoms with Crippen molar-refractivity contribution < 1.29 is 23.0 Å². The third-order valence-corrected chi connectivity index (χ3v) is 5.61. The fourth-order valence-corrected chi connectivity index (χ4v) is 4.36. The predicted molar refractivity (Wildman–Crippen MR) is 113 cm³/mol. The molecular weight excluding hydrogens is 409 g/mol. The third-order valence-electron chi connectivity index (χ3n) is 5.61. The van der Waals surface area contributed by atoms with Gasteiger partial charge >= 0.3 is 6.18 Å². The van der Waals surface area contributed by atoms with Crippen LogP contribution in [-0.2, 0) is 10.9 Å². The van der Waals surface area contributed by atoms with Crippen molar-refractivity contribution in [3.05, 3.63) is 35.2 Å². The Bertz CT molecular complexity index is 976. The molecule has 0 radical (unpaired) electrons. The second-order valence-electron chi connectivity index (χ2n) is 8.10. The van der Waals surface area contributed by atoms with Gasteiger partial charge in [0.05, 0.1) is 34.8 Å². The van der Waals surface area contributed by atoms with Gasteiger partial charge in [-0.05, 0) is 38.0 Å². The van der Waals surface area contributed by atoms with E-state index in [1.807, 2.05) is 13.8 Å². The van der Waals surface area contributed by atoms with E-state index in [1.54, 1.807) is 6.21 Å². The molecule has 0 amide bonds. The van der Waals surface area contributed by atoms with E-state index in [2.05, 4.69) is 21.9 Å². The predicted octanol–water partition coefficient (Wildman–Crippen LogP) is 4.92. The molecule has 0 atom stereocenters. The molecule has 168 valence electrons. The first-order valence-corrected chi connectivity index (χ1v) is 10.2. The number of aromatic hydroxyl groups is 1. The number of anilines is 1. The molecule has 31 heavy (non-hydrogen) atoms. The molecule has 0 unspecified atom stereocenters. The Hall–Kier alpha value is -2.68. The Morgan fingerprint density at radius 3 is 2.48 bits per heavy atom. The highest BCUT2D eigenvalue weighted by Gasteiger charge is 2.55. The van der Waals surface area contributed by atoms with Crippen LogP contribution in [0.4, 0.5) is 19.0 Å². The van der Waals surface area contributed by atoms with Crippen LogP contribution in [0.25, 0.3) is 11.3 Å². The van der Waals surface area contributed by atoms with E-state index in [0.717, 1.165) is 25.3 Å². The summed E-state index contributed by atoms with van der Waals surface area (Å²) in [6.07, 6.45) is 0.952. The van der Waals surface area contributed by atoms with Crippen LogP contribution in [0.3, 0.4) is 0 Å². The van der Waals surface area contributed by atoms with E-state index < -0.39 is 17.5 Å². The van der Waals surface area contributed by atoms with Crippen molar-refractivity contribution in [2.45, 2.75) is 64.3 Å². The third kappa shape index (κ3) is 4.51. The summed E-state index contributed by atoms with van der Waals surface area (Å²) < 4.78 is 44.5. The van der Waals surface area contributed by atoms with E-state index in [4.69, 9.17) is 10.5 Å². The lowest BCUT2D eigenvalue weighted by Crippen LogP contribution is -2.60. The minimum atomic E-state index is -4.55. The normalized spacial score (nSPS) is 25.0. The van der Waals surface area contributed by atoms with Crippen LogP contribution in [0.1, 0.15) is 56.9 Å². The highest BCUT2D eigenvalue weighted by Crippen LogP contribution is 2.52. The van der Waals surface area contributed by atoms with Crippen molar-refractivity contribution >= 4 is 12.0 Å². The maximum absolute atomic E-state index is 12.9. The number of nitrogen functional groups attached to an aromatic ring is 1. The highest BCUT2D eigenvalue weighted by atomic mass is 19.4. The molecule has 3 heterocycles. The van der Waals surface area contributed by atoms with Gasteiger partial charge in [-0.25, -0.2) is 9.97 Å². The fraction of sp³-hybridized carbons (Fsp3) is 0.500. The van der Waals surface area contributed by atoms with Crippen LogP contribution in [0.15, 0.2) is 23.3 Å². The number of halogens is 3. The molecular formula is C22H27F3N4O2. The molecule has 2 aliphatic heterocycles. The zero-order valence-electron chi connectivity index (χ0n) is 18.0. The molecule has 0 spiro atoms. The molecule has 1 aromatic heterocycles. The summed E-state index contributed by atoms with van der Waals surface area (Å²) in [7, 11) is 0. The summed E-state index contributed by atoms with van der Waals surface area (Å²) in [5, 5.41) is 10.1. The van der Waals surface area contributed by atoms with Gasteiger partial charge in [0.1, 0.15) is 11.4 Å². The Morgan fingerprint density at radius 2 is 1.94 bits per heavy atom. The first-order valence-electron chi connectivity index (χ1n) is 10.2. The molecule has 2 saturated heterocycles. The van der Waals surface area contributed by atoms with Gasteiger partial charge in [-0.15, -0.1) is 0 Å².